The van der Waals surface area contributed by atoms with E-state index in [9.17, 15) is 9.59 Å². The van der Waals surface area contributed by atoms with Gasteiger partial charge in [-0.15, -0.1) is 11.3 Å². The van der Waals surface area contributed by atoms with E-state index >= 15 is 0 Å². The molecule has 34 heavy (non-hydrogen) atoms. The number of nitrogens with zero attached hydrogens (tertiary/aromatic N) is 2. The van der Waals surface area contributed by atoms with Crippen LogP contribution < -0.4 is 4.74 Å². The molecule has 0 aliphatic carbocycles. The number of carbonyl (C=O) groups excluding carboxylic acids is 2. The van der Waals surface area contributed by atoms with Gasteiger partial charge in [0, 0.05) is 22.5 Å². The summed E-state index contributed by atoms with van der Waals surface area (Å²) in [5.74, 6) is 0.323. The summed E-state index contributed by atoms with van der Waals surface area (Å²) < 4.78 is 6.05. The van der Waals surface area contributed by atoms with E-state index in [0.717, 1.165) is 12.0 Å². The van der Waals surface area contributed by atoms with Gasteiger partial charge in [-0.2, -0.15) is 0 Å². The highest BCUT2D eigenvalue weighted by Crippen LogP contribution is 2.34. The largest absolute Gasteiger partial charge is 0.491 e. The second kappa shape index (κ2) is 10.8. The SMILES string of the molecule is CC(C)N(CC(=O)N1CCc2sccc2[C@H]1COc1ccc(Cl)cc1)C(=O)c1ccccc1Cl. The predicted octanol–water partition coefficient (Wildman–Crippen LogP) is 6.11. The molecule has 1 aromatic heterocycles. The number of benzene rings is 2. The van der Waals surface area contributed by atoms with Crippen molar-refractivity contribution in [2.24, 2.45) is 0 Å². The van der Waals surface area contributed by atoms with Crippen LogP contribution in [0.25, 0.3) is 0 Å². The quantitative estimate of drug-likeness (QED) is 0.380. The molecular formula is C26H26Cl2N2O3S. The Morgan fingerprint density at radius 2 is 1.85 bits per heavy atom. The van der Waals surface area contributed by atoms with Crippen LogP contribution in [0.3, 0.4) is 0 Å². The number of amides is 2. The first-order valence-electron chi connectivity index (χ1n) is 11.1. The van der Waals surface area contributed by atoms with Crippen LogP contribution in [0.4, 0.5) is 0 Å². The lowest BCUT2D eigenvalue weighted by molar-refractivity contribution is -0.136. The predicted molar refractivity (Wildman–Crippen MR) is 137 cm³/mol. The van der Waals surface area contributed by atoms with Gasteiger partial charge >= 0.3 is 0 Å². The molecule has 5 nitrogen and oxygen atoms in total. The average Bonchev–Trinajstić information content (AvgIpc) is 3.31. The van der Waals surface area contributed by atoms with Gasteiger partial charge in [-0.3, -0.25) is 9.59 Å². The minimum Gasteiger partial charge on any atom is -0.491 e. The maximum atomic E-state index is 13.6. The Balaban J connectivity index is 1.54. The van der Waals surface area contributed by atoms with E-state index in [4.69, 9.17) is 27.9 Å². The molecule has 1 aliphatic rings. The zero-order valence-electron chi connectivity index (χ0n) is 19.0. The van der Waals surface area contributed by atoms with Crippen molar-refractivity contribution in [3.8, 4) is 5.75 Å². The van der Waals surface area contributed by atoms with Crippen LogP contribution in [0.15, 0.2) is 60.0 Å². The van der Waals surface area contributed by atoms with Crippen LogP contribution in [0.5, 0.6) is 5.75 Å². The lowest BCUT2D eigenvalue weighted by atomic mass is 10.00. The summed E-state index contributed by atoms with van der Waals surface area (Å²) in [6.07, 6.45) is 0.788. The average molecular weight is 517 g/mol. The van der Waals surface area contributed by atoms with Crippen molar-refractivity contribution in [2.45, 2.75) is 32.4 Å². The minimum atomic E-state index is -0.254. The molecule has 0 bridgehead atoms. The summed E-state index contributed by atoms with van der Waals surface area (Å²) >= 11 is 13.9. The minimum absolute atomic E-state index is 0.0291. The molecule has 0 N–H and O–H groups in total. The van der Waals surface area contributed by atoms with E-state index in [1.165, 1.54) is 4.88 Å². The van der Waals surface area contributed by atoms with Crippen molar-refractivity contribution in [3.05, 3.63) is 86.0 Å². The Morgan fingerprint density at radius 1 is 1.12 bits per heavy atom. The highest BCUT2D eigenvalue weighted by Gasteiger charge is 2.34. The van der Waals surface area contributed by atoms with Gasteiger partial charge in [0.1, 0.15) is 18.9 Å². The third-order valence-corrected chi connectivity index (χ3v) is 7.51. The molecule has 0 fully saturated rings. The van der Waals surface area contributed by atoms with Crippen LogP contribution in [-0.2, 0) is 11.2 Å². The molecule has 2 amide bonds. The molecule has 0 radical (unpaired) electrons. The Bertz CT molecular complexity index is 1160. The standard InChI is InChI=1S/C26H26Cl2N2O3S/c1-17(2)30(26(32)20-5-3-4-6-22(20)28)15-25(31)29-13-11-24-21(12-14-34-24)23(29)16-33-19-9-7-18(27)8-10-19/h3-10,12,14,17,23H,11,13,15-16H2,1-2H3/t23-/m1/s1. The fraction of sp³-hybridized carbons (Fsp3) is 0.308. The highest BCUT2D eigenvalue weighted by atomic mass is 35.5. The monoisotopic (exact) mass is 516 g/mol. The molecule has 4 rings (SSSR count). The topological polar surface area (TPSA) is 49.9 Å². The fourth-order valence-corrected chi connectivity index (χ4v) is 5.37. The first-order chi connectivity index (χ1) is 16.3. The normalized spacial score (nSPS) is 15.2. The number of thiophene rings is 1. The maximum absolute atomic E-state index is 13.6. The molecule has 178 valence electrons. The molecular weight excluding hydrogens is 491 g/mol. The van der Waals surface area contributed by atoms with Gasteiger partial charge in [-0.05, 0) is 73.7 Å². The highest BCUT2D eigenvalue weighted by molar-refractivity contribution is 7.10. The van der Waals surface area contributed by atoms with Crippen molar-refractivity contribution >= 4 is 46.4 Å². The molecule has 0 saturated carbocycles. The van der Waals surface area contributed by atoms with Crippen LogP contribution in [-0.4, -0.2) is 47.4 Å². The van der Waals surface area contributed by atoms with Gasteiger partial charge in [-0.25, -0.2) is 0 Å². The second-order valence-electron chi connectivity index (χ2n) is 8.42. The van der Waals surface area contributed by atoms with Gasteiger partial charge < -0.3 is 14.5 Å². The number of carbonyl (C=O) groups is 2. The van der Waals surface area contributed by atoms with E-state index in [1.54, 1.807) is 52.6 Å². The van der Waals surface area contributed by atoms with Gasteiger partial charge in [0.15, 0.2) is 0 Å². The zero-order chi connectivity index (χ0) is 24.2. The summed E-state index contributed by atoms with van der Waals surface area (Å²) in [6, 6.07) is 15.8. The molecule has 2 heterocycles. The van der Waals surface area contributed by atoms with Gasteiger partial charge in [0.25, 0.3) is 5.91 Å². The van der Waals surface area contributed by atoms with E-state index in [-0.39, 0.29) is 30.4 Å². The number of halogens is 2. The molecule has 0 unspecified atom stereocenters. The van der Waals surface area contributed by atoms with Crippen molar-refractivity contribution in [1.82, 2.24) is 9.80 Å². The molecule has 1 atom stereocenters. The molecule has 1 aliphatic heterocycles. The second-order valence-corrected chi connectivity index (χ2v) is 10.3. The Labute approximate surface area is 213 Å². The van der Waals surface area contributed by atoms with E-state index < -0.39 is 0 Å². The van der Waals surface area contributed by atoms with Crippen molar-refractivity contribution in [2.75, 3.05) is 19.7 Å². The molecule has 8 heteroatoms. The third kappa shape index (κ3) is 5.40. The fourth-order valence-electron chi connectivity index (χ4n) is 4.10. The Kier molecular flexibility index (Phi) is 7.81. The van der Waals surface area contributed by atoms with E-state index in [0.29, 0.717) is 34.5 Å². The summed E-state index contributed by atoms with van der Waals surface area (Å²) in [7, 11) is 0. The smallest absolute Gasteiger partial charge is 0.256 e. The van der Waals surface area contributed by atoms with Crippen LogP contribution in [0, 0.1) is 0 Å². The van der Waals surface area contributed by atoms with E-state index in [2.05, 4.69) is 11.4 Å². The van der Waals surface area contributed by atoms with Crippen molar-refractivity contribution in [3.63, 3.8) is 0 Å². The number of fused-ring (bicyclic) bond motifs is 1. The summed E-state index contributed by atoms with van der Waals surface area (Å²) in [5, 5.41) is 3.06. The van der Waals surface area contributed by atoms with Crippen molar-refractivity contribution < 1.29 is 14.3 Å². The van der Waals surface area contributed by atoms with Gasteiger partial charge in [0.2, 0.25) is 5.91 Å². The Morgan fingerprint density at radius 3 is 2.56 bits per heavy atom. The zero-order valence-corrected chi connectivity index (χ0v) is 21.4. The third-order valence-electron chi connectivity index (χ3n) is 5.93. The number of ether oxygens (including phenoxy) is 1. The first-order valence-corrected chi connectivity index (χ1v) is 12.8. The maximum Gasteiger partial charge on any atom is 0.256 e. The lowest BCUT2D eigenvalue weighted by Crippen LogP contribution is -2.49. The van der Waals surface area contributed by atoms with Crippen LogP contribution in [0.1, 0.15) is 40.7 Å². The van der Waals surface area contributed by atoms with Gasteiger partial charge in [-0.1, -0.05) is 35.3 Å². The lowest BCUT2D eigenvalue weighted by Gasteiger charge is -2.37. The molecule has 3 aromatic rings. The van der Waals surface area contributed by atoms with Crippen LogP contribution >= 0.6 is 34.5 Å². The van der Waals surface area contributed by atoms with Crippen LogP contribution in [0.2, 0.25) is 10.0 Å². The number of rotatable bonds is 7. The number of hydrogen-bond acceptors (Lipinski definition) is 4. The first kappa shape index (κ1) is 24.6. The van der Waals surface area contributed by atoms with Crippen molar-refractivity contribution in [1.29, 1.82) is 0 Å². The molecule has 0 spiro atoms. The molecule has 0 saturated heterocycles. The van der Waals surface area contributed by atoms with E-state index in [1.807, 2.05) is 30.9 Å². The molecule has 2 aromatic carbocycles. The number of hydrogen-bond donors (Lipinski definition) is 0. The summed E-state index contributed by atoms with van der Waals surface area (Å²) in [6.45, 7) is 4.66. The Hall–Kier alpha value is -2.54. The summed E-state index contributed by atoms with van der Waals surface area (Å²) in [5.41, 5.74) is 1.50. The summed E-state index contributed by atoms with van der Waals surface area (Å²) in [4.78, 5) is 31.5. The van der Waals surface area contributed by atoms with Gasteiger partial charge in [0.05, 0.1) is 16.6 Å².